The van der Waals surface area contributed by atoms with Crippen LogP contribution in [0, 0.1) is 0 Å². The number of halogens is 1. The van der Waals surface area contributed by atoms with E-state index < -0.39 is 5.41 Å². The van der Waals surface area contributed by atoms with Gasteiger partial charge < -0.3 is 19.3 Å². The number of fused-ring (bicyclic) bond motifs is 2. The number of amides is 1. The molecule has 1 saturated carbocycles. The summed E-state index contributed by atoms with van der Waals surface area (Å²) in [5, 5.41) is 8.32. The number of thiazole rings is 1. The van der Waals surface area contributed by atoms with Gasteiger partial charge in [-0.05, 0) is 49.2 Å². The monoisotopic (exact) mass is 439 g/mol. The molecule has 1 aliphatic carbocycles. The smallest absolute Gasteiger partial charge is 0.238 e. The highest BCUT2D eigenvalue weighted by Gasteiger charge is 2.54. The van der Waals surface area contributed by atoms with Crippen molar-refractivity contribution in [1.82, 2.24) is 10.1 Å². The lowest BCUT2D eigenvalue weighted by atomic mass is 10.0. The number of carbonyl (C=O) groups excluding carboxylic acids is 1. The maximum absolute atomic E-state index is 13.1. The summed E-state index contributed by atoms with van der Waals surface area (Å²) in [5.74, 6) is 1.82. The summed E-state index contributed by atoms with van der Waals surface area (Å²) in [6, 6.07) is 12.8. The van der Waals surface area contributed by atoms with Gasteiger partial charge in [0.1, 0.15) is 0 Å². The molecule has 1 amide bonds. The predicted octanol–water partition coefficient (Wildman–Crippen LogP) is 5.00. The Labute approximate surface area is 179 Å². The third-order valence-corrected chi connectivity index (χ3v) is 6.58. The molecule has 2 aliphatic rings. The lowest BCUT2D eigenvalue weighted by molar-refractivity contribution is -0.118. The van der Waals surface area contributed by atoms with Crippen LogP contribution in [0.25, 0.3) is 21.5 Å². The summed E-state index contributed by atoms with van der Waals surface area (Å²) < 4.78 is 17.2. The summed E-state index contributed by atoms with van der Waals surface area (Å²) in [7, 11) is 0. The van der Waals surface area contributed by atoms with E-state index in [0.717, 1.165) is 15.8 Å². The molecule has 4 aromatic rings. The molecule has 0 saturated heterocycles. The topological polar surface area (TPSA) is 86.5 Å². The van der Waals surface area contributed by atoms with Crippen LogP contribution in [0.15, 0.2) is 47.0 Å². The zero-order chi connectivity index (χ0) is 20.3. The Bertz CT molecular complexity index is 1310. The van der Waals surface area contributed by atoms with Crippen LogP contribution in [0.1, 0.15) is 18.5 Å². The van der Waals surface area contributed by atoms with E-state index in [1.54, 1.807) is 6.07 Å². The highest BCUT2D eigenvalue weighted by molar-refractivity contribution is 7.22. The fraction of sp³-hybridized carbons (Fsp3) is 0.190. The van der Waals surface area contributed by atoms with Gasteiger partial charge in [0.05, 0.1) is 21.3 Å². The first kappa shape index (κ1) is 17.7. The van der Waals surface area contributed by atoms with Crippen molar-refractivity contribution in [3.8, 4) is 22.8 Å². The molecule has 1 aliphatic heterocycles. The Morgan fingerprint density at radius 1 is 1.10 bits per heavy atom. The second-order valence-electron chi connectivity index (χ2n) is 7.31. The first-order chi connectivity index (χ1) is 14.6. The van der Waals surface area contributed by atoms with E-state index >= 15 is 0 Å². The molecule has 7 nitrogen and oxygen atoms in total. The lowest BCUT2D eigenvalue weighted by Gasteiger charge is -2.10. The third kappa shape index (κ3) is 2.83. The molecule has 150 valence electrons. The average molecular weight is 440 g/mol. The van der Waals surface area contributed by atoms with Crippen molar-refractivity contribution in [1.29, 1.82) is 0 Å². The molecule has 0 bridgehead atoms. The van der Waals surface area contributed by atoms with Gasteiger partial charge in [0.25, 0.3) is 0 Å². The number of carbonyl (C=O) groups is 1. The molecule has 2 aromatic heterocycles. The Morgan fingerprint density at radius 2 is 1.97 bits per heavy atom. The first-order valence-electron chi connectivity index (χ1n) is 9.35. The van der Waals surface area contributed by atoms with Crippen molar-refractivity contribution in [3.05, 3.63) is 53.2 Å². The van der Waals surface area contributed by atoms with Crippen LogP contribution < -0.4 is 14.8 Å². The summed E-state index contributed by atoms with van der Waals surface area (Å²) in [4.78, 5) is 17.5. The van der Waals surface area contributed by atoms with E-state index in [9.17, 15) is 4.79 Å². The van der Waals surface area contributed by atoms with Crippen LogP contribution in [-0.4, -0.2) is 22.8 Å². The minimum atomic E-state index is -0.687. The number of nitrogens with one attached hydrogen (secondary N) is 1. The number of benzene rings is 2. The number of aromatic nitrogens is 2. The van der Waals surface area contributed by atoms with Crippen molar-refractivity contribution >= 4 is 44.2 Å². The van der Waals surface area contributed by atoms with E-state index in [1.807, 2.05) is 36.4 Å². The van der Waals surface area contributed by atoms with Crippen LogP contribution in [-0.2, 0) is 10.2 Å². The van der Waals surface area contributed by atoms with Crippen LogP contribution >= 0.6 is 22.9 Å². The fourth-order valence-corrected chi connectivity index (χ4v) is 4.72. The van der Waals surface area contributed by atoms with Gasteiger partial charge in [-0.2, -0.15) is 0 Å². The number of ether oxygens (including phenoxy) is 2. The standard InChI is InChI=1S/C21H14ClN3O4S/c22-12-2-3-13-17(8-12)30-20(23-13)24-19(26)21(5-6-21)18-9-15(29-25-18)11-1-4-14-16(7-11)28-10-27-14/h1-4,7-9H,5-6,10H2,(H,23,24,26). The molecule has 0 atom stereocenters. The molecule has 1 fully saturated rings. The minimum Gasteiger partial charge on any atom is -0.454 e. The van der Waals surface area contributed by atoms with Gasteiger partial charge in [0.15, 0.2) is 22.4 Å². The highest BCUT2D eigenvalue weighted by Crippen LogP contribution is 2.49. The second-order valence-corrected chi connectivity index (χ2v) is 8.78. The molecule has 0 radical (unpaired) electrons. The van der Waals surface area contributed by atoms with Gasteiger partial charge in [0, 0.05) is 16.7 Å². The van der Waals surface area contributed by atoms with E-state index in [-0.39, 0.29) is 12.7 Å². The molecular formula is C21H14ClN3O4S. The minimum absolute atomic E-state index is 0.127. The van der Waals surface area contributed by atoms with Crippen LogP contribution in [0.3, 0.4) is 0 Å². The Morgan fingerprint density at radius 3 is 2.83 bits per heavy atom. The first-order valence-corrected chi connectivity index (χ1v) is 10.5. The Kier molecular flexibility index (Phi) is 3.81. The Balaban J connectivity index is 1.25. The van der Waals surface area contributed by atoms with Crippen molar-refractivity contribution in [3.63, 3.8) is 0 Å². The molecule has 0 unspecified atom stereocenters. The largest absolute Gasteiger partial charge is 0.454 e. The van der Waals surface area contributed by atoms with Gasteiger partial charge >= 0.3 is 0 Å². The average Bonchev–Trinajstić information content (AvgIpc) is 3.10. The van der Waals surface area contributed by atoms with Crippen molar-refractivity contribution in [2.45, 2.75) is 18.3 Å². The van der Waals surface area contributed by atoms with E-state index in [2.05, 4.69) is 15.5 Å². The Hall–Kier alpha value is -3.10. The van der Waals surface area contributed by atoms with Gasteiger partial charge in [-0.15, -0.1) is 0 Å². The molecular weight excluding hydrogens is 426 g/mol. The van der Waals surface area contributed by atoms with Gasteiger partial charge in [-0.25, -0.2) is 4.98 Å². The quantitative estimate of drug-likeness (QED) is 0.481. The SMILES string of the molecule is O=C(Nc1nc2ccc(Cl)cc2s1)C1(c2cc(-c3ccc4c(c3)OCO4)on2)CC1. The fourth-order valence-electron chi connectivity index (χ4n) is 3.58. The van der Waals surface area contributed by atoms with E-state index in [0.29, 0.717) is 45.9 Å². The summed E-state index contributed by atoms with van der Waals surface area (Å²) >= 11 is 7.43. The normalized spacial score (nSPS) is 16.0. The summed E-state index contributed by atoms with van der Waals surface area (Å²) in [5.41, 5.74) is 1.55. The second kappa shape index (κ2) is 6.45. The van der Waals surface area contributed by atoms with E-state index in [4.69, 9.17) is 25.6 Å². The molecule has 1 N–H and O–H groups in total. The number of hydrogen-bond acceptors (Lipinski definition) is 7. The molecule has 6 rings (SSSR count). The molecule has 9 heteroatoms. The van der Waals surface area contributed by atoms with Crippen LogP contribution in [0.5, 0.6) is 11.5 Å². The number of rotatable bonds is 4. The maximum atomic E-state index is 13.1. The molecule has 3 heterocycles. The van der Waals surface area contributed by atoms with Gasteiger partial charge in [0.2, 0.25) is 12.7 Å². The molecule has 30 heavy (non-hydrogen) atoms. The van der Waals surface area contributed by atoms with Crippen molar-refractivity contribution in [2.24, 2.45) is 0 Å². The maximum Gasteiger partial charge on any atom is 0.238 e. The molecule has 2 aromatic carbocycles. The zero-order valence-electron chi connectivity index (χ0n) is 15.5. The molecule has 0 spiro atoms. The van der Waals surface area contributed by atoms with Gasteiger partial charge in [-0.1, -0.05) is 28.1 Å². The lowest BCUT2D eigenvalue weighted by Crippen LogP contribution is -2.28. The third-order valence-electron chi connectivity index (χ3n) is 5.41. The number of anilines is 1. The highest BCUT2D eigenvalue weighted by atomic mass is 35.5. The predicted molar refractivity (Wildman–Crippen MR) is 112 cm³/mol. The van der Waals surface area contributed by atoms with Gasteiger partial charge in [-0.3, -0.25) is 4.79 Å². The number of nitrogens with zero attached hydrogens (tertiary/aromatic N) is 2. The van der Waals surface area contributed by atoms with Crippen LogP contribution in [0.2, 0.25) is 5.02 Å². The zero-order valence-corrected chi connectivity index (χ0v) is 17.0. The summed E-state index contributed by atoms with van der Waals surface area (Å²) in [6.45, 7) is 0.210. The van der Waals surface area contributed by atoms with Crippen molar-refractivity contribution in [2.75, 3.05) is 12.1 Å². The van der Waals surface area contributed by atoms with E-state index in [1.165, 1.54) is 11.3 Å². The van der Waals surface area contributed by atoms with Crippen LogP contribution in [0.4, 0.5) is 5.13 Å². The number of hydrogen-bond donors (Lipinski definition) is 1. The van der Waals surface area contributed by atoms with Crippen molar-refractivity contribution < 1.29 is 18.8 Å². The summed E-state index contributed by atoms with van der Waals surface area (Å²) in [6.07, 6.45) is 1.42.